The molecule has 5 nitrogen and oxygen atoms in total. The maximum Gasteiger partial charge on any atom is 0.149 e. The summed E-state index contributed by atoms with van der Waals surface area (Å²) in [4.78, 5) is 14.6. The molecule has 3 aromatic rings. The average Bonchev–Trinajstić information content (AvgIpc) is 3.37. The third-order valence-electron chi connectivity index (χ3n) is 6.26. The molecule has 5 rings (SSSR count). The molecule has 0 bridgehead atoms. The molecule has 0 amide bonds. The molecule has 0 unspecified atom stereocenters. The molecule has 0 radical (unpaired) electrons. The highest BCUT2D eigenvalue weighted by Crippen LogP contribution is 2.44. The van der Waals surface area contributed by atoms with Crippen LogP contribution in [0.15, 0.2) is 24.4 Å². The van der Waals surface area contributed by atoms with E-state index in [9.17, 15) is 5.11 Å². The molecular weight excluding hydrogens is 348 g/mol. The van der Waals surface area contributed by atoms with Crippen molar-refractivity contribution in [3.05, 3.63) is 47.2 Å². The number of aromatic nitrogens is 4. The zero-order valence-corrected chi connectivity index (χ0v) is 17.2. The van der Waals surface area contributed by atoms with Crippen molar-refractivity contribution in [1.82, 2.24) is 19.5 Å². The van der Waals surface area contributed by atoms with E-state index in [0.717, 1.165) is 41.2 Å². The molecule has 0 aliphatic heterocycles. The van der Waals surface area contributed by atoms with Gasteiger partial charge < -0.3 is 5.11 Å². The minimum Gasteiger partial charge on any atom is -0.384 e. The van der Waals surface area contributed by atoms with Gasteiger partial charge in [0, 0.05) is 22.7 Å². The van der Waals surface area contributed by atoms with Gasteiger partial charge >= 0.3 is 0 Å². The minimum atomic E-state index is -0.806. The Kier molecular flexibility index (Phi) is 3.73. The van der Waals surface area contributed by atoms with Gasteiger partial charge in [0.15, 0.2) is 0 Å². The molecule has 146 valence electrons. The molecule has 3 aromatic heterocycles. The van der Waals surface area contributed by atoms with E-state index in [0.29, 0.717) is 12.3 Å². The molecule has 0 saturated heterocycles. The van der Waals surface area contributed by atoms with Gasteiger partial charge in [-0.1, -0.05) is 33.8 Å². The van der Waals surface area contributed by atoms with Crippen molar-refractivity contribution in [3.63, 3.8) is 0 Å². The standard InChI is InChI=1S/C23H28N4O/c1-5-23(28)11-10-15-8-9-18(25-19(15)23)27-17(14-6-7-14)12-16-13-24-21(22(2,3)4)26-20(16)27/h8-9,12-14,28H,5-7,10-11H2,1-4H3/t23-/m1/s1. The zero-order chi connectivity index (χ0) is 19.7. The lowest BCUT2D eigenvalue weighted by atomic mass is 9.96. The van der Waals surface area contributed by atoms with Crippen molar-refractivity contribution in [3.8, 4) is 5.82 Å². The molecule has 0 aromatic carbocycles. The van der Waals surface area contributed by atoms with Gasteiger partial charge in [-0.15, -0.1) is 0 Å². The summed E-state index contributed by atoms with van der Waals surface area (Å²) in [7, 11) is 0. The van der Waals surface area contributed by atoms with Crippen molar-refractivity contribution >= 4 is 11.0 Å². The van der Waals surface area contributed by atoms with E-state index in [4.69, 9.17) is 9.97 Å². The molecule has 3 heterocycles. The lowest BCUT2D eigenvalue weighted by molar-refractivity contribution is 0.0306. The van der Waals surface area contributed by atoms with Crippen LogP contribution < -0.4 is 0 Å². The van der Waals surface area contributed by atoms with Gasteiger partial charge in [-0.3, -0.25) is 4.57 Å². The van der Waals surface area contributed by atoms with Crippen LogP contribution in [0.1, 0.15) is 82.1 Å². The van der Waals surface area contributed by atoms with Crippen molar-refractivity contribution in [2.24, 2.45) is 0 Å². The summed E-state index contributed by atoms with van der Waals surface area (Å²) in [5.41, 5.74) is 3.29. The summed E-state index contributed by atoms with van der Waals surface area (Å²) in [6, 6.07) is 6.45. The van der Waals surface area contributed by atoms with Gasteiger partial charge in [0.1, 0.15) is 22.9 Å². The maximum absolute atomic E-state index is 11.0. The summed E-state index contributed by atoms with van der Waals surface area (Å²) in [5, 5.41) is 12.1. The predicted octanol–water partition coefficient (Wildman–Crippen LogP) is 4.53. The van der Waals surface area contributed by atoms with E-state index in [-0.39, 0.29) is 5.41 Å². The van der Waals surface area contributed by atoms with E-state index in [2.05, 4.69) is 48.5 Å². The molecule has 5 heteroatoms. The molecule has 28 heavy (non-hydrogen) atoms. The number of rotatable bonds is 3. The van der Waals surface area contributed by atoms with Gasteiger partial charge in [0.2, 0.25) is 0 Å². The van der Waals surface area contributed by atoms with Crippen LogP contribution >= 0.6 is 0 Å². The molecule has 1 saturated carbocycles. The van der Waals surface area contributed by atoms with Gasteiger partial charge in [0.05, 0.1) is 5.69 Å². The van der Waals surface area contributed by atoms with Crippen LogP contribution in [0.3, 0.4) is 0 Å². The van der Waals surface area contributed by atoms with Crippen LogP contribution in [0.5, 0.6) is 0 Å². The number of aryl methyl sites for hydroxylation is 1. The Labute approximate surface area is 165 Å². The Morgan fingerprint density at radius 2 is 2.00 bits per heavy atom. The molecule has 1 fully saturated rings. The van der Waals surface area contributed by atoms with Crippen LogP contribution in [0.4, 0.5) is 0 Å². The van der Waals surface area contributed by atoms with Gasteiger partial charge in [0.25, 0.3) is 0 Å². The quantitative estimate of drug-likeness (QED) is 0.729. The molecule has 1 atom stereocenters. The molecule has 0 spiro atoms. The highest BCUT2D eigenvalue weighted by atomic mass is 16.3. The third kappa shape index (κ3) is 2.67. The molecule has 2 aliphatic rings. The minimum absolute atomic E-state index is 0.114. The summed E-state index contributed by atoms with van der Waals surface area (Å²) in [5.74, 6) is 2.27. The Bertz CT molecular complexity index is 1070. The lowest BCUT2D eigenvalue weighted by Gasteiger charge is -2.21. The fourth-order valence-corrected chi connectivity index (χ4v) is 4.30. The van der Waals surface area contributed by atoms with Crippen molar-refractivity contribution in [1.29, 1.82) is 0 Å². The first-order valence-corrected chi connectivity index (χ1v) is 10.4. The van der Waals surface area contributed by atoms with E-state index in [1.165, 1.54) is 24.1 Å². The maximum atomic E-state index is 11.0. The largest absolute Gasteiger partial charge is 0.384 e. The second kappa shape index (κ2) is 5.86. The Balaban J connectivity index is 1.74. The van der Waals surface area contributed by atoms with Gasteiger partial charge in [-0.2, -0.15) is 0 Å². The van der Waals surface area contributed by atoms with Crippen LogP contribution in [0.2, 0.25) is 0 Å². The fourth-order valence-electron chi connectivity index (χ4n) is 4.30. The number of hydrogen-bond donors (Lipinski definition) is 1. The smallest absolute Gasteiger partial charge is 0.149 e. The summed E-state index contributed by atoms with van der Waals surface area (Å²) in [6.45, 7) is 8.45. The Hall–Kier alpha value is -2.27. The molecule has 1 N–H and O–H groups in total. The van der Waals surface area contributed by atoms with Gasteiger partial charge in [-0.25, -0.2) is 15.0 Å². The predicted molar refractivity (Wildman–Crippen MR) is 110 cm³/mol. The first-order valence-electron chi connectivity index (χ1n) is 10.4. The second-order valence-corrected chi connectivity index (χ2v) is 9.46. The normalized spacial score (nSPS) is 22.0. The van der Waals surface area contributed by atoms with Gasteiger partial charge in [-0.05, 0) is 55.7 Å². The SMILES string of the molecule is CC[C@@]1(O)CCc2ccc(-n3c(C4CC4)cc4cnc(C(C)(C)C)nc43)nc21. The van der Waals surface area contributed by atoms with E-state index in [1.54, 1.807) is 0 Å². The van der Waals surface area contributed by atoms with Crippen molar-refractivity contribution in [2.45, 2.75) is 76.7 Å². The number of fused-ring (bicyclic) bond motifs is 2. The van der Waals surface area contributed by atoms with Crippen LogP contribution in [0, 0.1) is 0 Å². The van der Waals surface area contributed by atoms with E-state index < -0.39 is 5.60 Å². The average molecular weight is 377 g/mol. The lowest BCUT2D eigenvalue weighted by Crippen LogP contribution is -2.23. The highest BCUT2D eigenvalue weighted by molar-refractivity contribution is 5.79. The first kappa shape index (κ1) is 17.8. The van der Waals surface area contributed by atoms with E-state index in [1.807, 2.05) is 13.1 Å². The van der Waals surface area contributed by atoms with Crippen molar-refractivity contribution in [2.75, 3.05) is 0 Å². The topological polar surface area (TPSA) is 63.8 Å². The van der Waals surface area contributed by atoms with Crippen LogP contribution in [-0.2, 0) is 17.4 Å². The zero-order valence-electron chi connectivity index (χ0n) is 17.2. The fraction of sp³-hybridized carbons (Fsp3) is 0.522. The Morgan fingerprint density at radius 3 is 2.68 bits per heavy atom. The third-order valence-corrected chi connectivity index (χ3v) is 6.26. The second-order valence-electron chi connectivity index (χ2n) is 9.46. The first-order chi connectivity index (χ1) is 13.3. The molecule has 2 aliphatic carbocycles. The monoisotopic (exact) mass is 376 g/mol. The Morgan fingerprint density at radius 1 is 1.21 bits per heavy atom. The van der Waals surface area contributed by atoms with Crippen LogP contribution in [0.25, 0.3) is 16.9 Å². The number of hydrogen-bond acceptors (Lipinski definition) is 4. The van der Waals surface area contributed by atoms with Crippen molar-refractivity contribution < 1.29 is 5.11 Å². The summed E-state index contributed by atoms with van der Waals surface area (Å²) >= 11 is 0. The van der Waals surface area contributed by atoms with E-state index >= 15 is 0 Å². The van der Waals surface area contributed by atoms with Crippen LogP contribution in [-0.4, -0.2) is 24.6 Å². The summed E-state index contributed by atoms with van der Waals surface area (Å²) in [6.07, 6.45) is 6.70. The molecular formula is C23H28N4O. The number of aliphatic hydroxyl groups is 1. The number of nitrogens with zero attached hydrogens (tertiary/aromatic N) is 4. The summed E-state index contributed by atoms with van der Waals surface area (Å²) < 4.78 is 2.21. The highest BCUT2D eigenvalue weighted by Gasteiger charge is 2.37. The number of pyridine rings is 1.